The van der Waals surface area contributed by atoms with Gasteiger partial charge in [0.25, 0.3) is 0 Å². The highest BCUT2D eigenvalue weighted by Crippen LogP contribution is 2.30. The van der Waals surface area contributed by atoms with Gasteiger partial charge in [-0.05, 0) is 42.3 Å². The molecule has 1 aromatic carbocycles. The zero-order valence-corrected chi connectivity index (χ0v) is 19.3. The third kappa shape index (κ3) is 6.73. The van der Waals surface area contributed by atoms with Gasteiger partial charge in [-0.25, -0.2) is 9.18 Å². The molecule has 0 N–H and O–H groups in total. The Labute approximate surface area is 189 Å². The molecular weight excluding hydrogens is 420 g/mol. The lowest BCUT2D eigenvalue weighted by molar-refractivity contribution is -0.183. The summed E-state index contributed by atoms with van der Waals surface area (Å²) in [6.45, 7) is 4.52. The van der Waals surface area contributed by atoms with E-state index in [0.717, 1.165) is 0 Å². The van der Waals surface area contributed by atoms with Gasteiger partial charge in [0.05, 0.1) is 18.4 Å². The number of anilines is 1. The lowest BCUT2D eigenvalue weighted by Crippen LogP contribution is -2.36. The molecule has 0 spiro atoms. The fraction of sp³-hybridized carbons (Fsp3) is 0.625. The van der Waals surface area contributed by atoms with Crippen molar-refractivity contribution in [3.63, 3.8) is 0 Å². The van der Waals surface area contributed by atoms with Gasteiger partial charge in [-0.2, -0.15) is 4.94 Å². The third-order valence-corrected chi connectivity index (χ3v) is 6.18. The number of benzene rings is 1. The molecular formula is C24H35F2NO5. The van der Waals surface area contributed by atoms with Crippen LogP contribution in [0, 0.1) is 11.7 Å². The van der Waals surface area contributed by atoms with E-state index in [0.29, 0.717) is 37.5 Å². The fourth-order valence-corrected chi connectivity index (χ4v) is 4.39. The summed E-state index contributed by atoms with van der Waals surface area (Å²) < 4.78 is 41.8. The van der Waals surface area contributed by atoms with Crippen LogP contribution >= 0.6 is 0 Å². The predicted molar refractivity (Wildman–Crippen MR) is 120 cm³/mol. The van der Waals surface area contributed by atoms with Crippen LogP contribution in [0.3, 0.4) is 0 Å². The molecule has 0 bridgehead atoms. The molecule has 1 saturated carbocycles. The normalized spacial score (nSPS) is 17.6. The van der Waals surface area contributed by atoms with Crippen molar-refractivity contribution in [3.05, 3.63) is 35.7 Å². The maximum absolute atomic E-state index is 14.6. The minimum Gasteiger partial charge on any atom is -0.465 e. The van der Waals surface area contributed by atoms with Crippen molar-refractivity contribution in [1.82, 2.24) is 0 Å². The van der Waals surface area contributed by atoms with Crippen LogP contribution in [0.4, 0.5) is 14.6 Å². The largest absolute Gasteiger partial charge is 0.465 e. The first-order valence-electron chi connectivity index (χ1n) is 11.1. The van der Waals surface area contributed by atoms with E-state index in [9.17, 15) is 13.7 Å². The Balaban J connectivity index is 0.000000278. The van der Waals surface area contributed by atoms with Crippen LogP contribution in [0.5, 0.6) is 0 Å². The maximum atomic E-state index is 14.6. The van der Waals surface area contributed by atoms with Gasteiger partial charge in [-0.15, -0.1) is 0 Å². The lowest BCUT2D eigenvalue weighted by atomic mass is 9.89. The van der Waals surface area contributed by atoms with Crippen molar-refractivity contribution >= 4 is 17.7 Å². The van der Waals surface area contributed by atoms with Crippen LogP contribution < -0.4 is 4.90 Å². The molecule has 0 atom stereocenters. The van der Waals surface area contributed by atoms with Gasteiger partial charge in [-0.1, -0.05) is 31.9 Å². The molecule has 2 fully saturated rings. The zero-order chi connectivity index (χ0) is 23.5. The first-order chi connectivity index (χ1) is 15.5. The number of hydrogen-bond acceptors (Lipinski definition) is 6. The number of rotatable bonds is 7. The molecule has 0 amide bonds. The first-order valence-corrected chi connectivity index (χ1v) is 11.1. The van der Waals surface area contributed by atoms with Gasteiger partial charge in [0.1, 0.15) is 6.10 Å². The van der Waals surface area contributed by atoms with Crippen LogP contribution in [0.25, 0.3) is 6.08 Å². The molecule has 2 aliphatic rings. The van der Waals surface area contributed by atoms with E-state index in [1.807, 2.05) is 0 Å². The molecule has 6 nitrogen and oxygen atoms in total. The Bertz CT molecular complexity index is 727. The molecule has 1 aliphatic heterocycles. The number of esters is 1. The minimum atomic E-state index is -0.611. The standard InChI is InChI=1S/C15H17F2NO3.C9H18O2/c1-3-11-12(15(19)20-2)4-5-13(14(11)16)18-8-6-10(21-17)7-9-18;1-10-9(11-2)8-6-4-3-5-7-8/h3-5,10H,1,6-9H2,2H3;8-9H,3-7H2,1-2H3. The van der Waals surface area contributed by atoms with Crippen molar-refractivity contribution in [1.29, 1.82) is 0 Å². The summed E-state index contributed by atoms with van der Waals surface area (Å²) in [6.07, 6.45) is 8.48. The number of nitrogens with zero attached hydrogens (tertiary/aromatic N) is 1. The highest BCUT2D eigenvalue weighted by molar-refractivity contribution is 5.94. The Morgan fingerprint density at radius 2 is 1.72 bits per heavy atom. The molecule has 0 aromatic heterocycles. The van der Waals surface area contributed by atoms with Gasteiger partial charge in [0.15, 0.2) is 12.1 Å². The molecule has 180 valence electrons. The fourth-order valence-electron chi connectivity index (χ4n) is 4.39. The van der Waals surface area contributed by atoms with Crippen molar-refractivity contribution in [3.8, 4) is 0 Å². The van der Waals surface area contributed by atoms with Gasteiger partial charge in [0, 0.05) is 38.8 Å². The van der Waals surface area contributed by atoms with Crippen LogP contribution in [0.2, 0.25) is 0 Å². The second-order valence-electron chi connectivity index (χ2n) is 8.07. The molecule has 1 saturated heterocycles. The molecule has 1 aliphatic carbocycles. The van der Waals surface area contributed by atoms with Gasteiger partial charge < -0.3 is 19.1 Å². The van der Waals surface area contributed by atoms with E-state index in [2.05, 4.69) is 16.3 Å². The van der Waals surface area contributed by atoms with Gasteiger partial charge >= 0.3 is 5.97 Å². The smallest absolute Gasteiger partial charge is 0.338 e. The average Bonchev–Trinajstić information content (AvgIpc) is 2.85. The molecule has 1 heterocycles. The van der Waals surface area contributed by atoms with Gasteiger partial charge in [-0.3, -0.25) is 0 Å². The first kappa shape index (κ1) is 26.2. The second-order valence-corrected chi connectivity index (χ2v) is 8.07. The summed E-state index contributed by atoms with van der Waals surface area (Å²) in [4.78, 5) is 17.2. The number of piperidine rings is 1. The van der Waals surface area contributed by atoms with E-state index in [-0.39, 0.29) is 17.4 Å². The third-order valence-electron chi connectivity index (χ3n) is 6.18. The van der Waals surface area contributed by atoms with Crippen molar-refractivity contribution in [2.45, 2.75) is 57.3 Å². The number of halogens is 2. The molecule has 8 heteroatoms. The number of ether oxygens (including phenoxy) is 3. The predicted octanol–water partition coefficient (Wildman–Crippen LogP) is 5.31. The molecule has 3 rings (SSSR count). The summed E-state index contributed by atoms with van der Waals surface area (Å²) in [6, 6.07) is 3.05. The van der Waals surface area contributed by atoms with Crippen LogP contribution in [-0.4, -0.2) is 52.8 Å². The van der Waals surface area contributed by atoms with E-state index in [4.69, 9.17) is 9.47 Å². The lowest BCUT2D eigenvalue weighted by Gasteiger charge is -2.32. The van der Waals surface area contributed by atoms with Crippen LogP contribution in [-0.2, 0) is 19.2 Å². The van der Waals surface area contributed by atoms with E-state index in [1.165, 1.54) is 57.4 Å². The Kier molecular flexibility index (Phi) is 11.1. The van der Waals surface area contributed by atoms with E-state index >= 15 is 0 Å². The SMILES string of the molecule is C=Cc1c(C(=O)OC)ccc(N2CCC(OF)CC2)c1F.COC(OC)C1CCCCC1. The number of hydrogen-bond donors (Lipinski definition) is 0. The minimum absolute atomic E-state index is 0.0373. The number of methoxy groups -OCH3 is 3. The topological polar surface area (TPSA) is 57.2 Å². The molecule has 0 unspecified atom stereocenters. The van der Waals surface area contributed by atoms with E-state index < -0.39 is 17.9 Å². The van der Waals surface area contributed by atoms with Gasteiger partial charge in [0.2, 0.25) is 0 Å². The summed E-state index contributed by atoms with van der Waals surface area (Å²) in [5, 5.41) is 0. The Morgan fingerprint density at radius 1 is 1.09 bits per heavy atom. The summed E-state index contributed by atoms with van der Waals surface area (Å²) in [7, 11) is 4.69. The molecule has 32 heavy (non-hydrogen) atoms. The molecule has 0 radical (unpaired) electrons. The quantitative estimate of drug-likeness (QED) is 0.410. The zero-order valence-electron chi connectivity index (χ0n) is 19.3. The average molecular weight is 456 g/mol. The Hall–Kier alpha value is -2.03. The van der Waals surface area contributed by atoms with Crippen molar-refractivity contribution in [2.75, 3.05) is 39.3 Å². The van der Waals surface area contributed by atoms with Crippen molar-refractivity contribution in [2.24, 2.45) is 5.92 Å². The highest BCUT2D eigenvalue weighted by atomic mass is 19.3. The summed E-state index contributed by atoms with van der Waals surface area (Å²) >= 11 is 0. The monoisotopic (exact) mass is 455 g/mol. The summed E-state index contributed by atoms with van der Waals surface area (Å²) in [5.74, 6) is -0.494. The second kappa shape index (κ2) is 13.5. The number of carbonyl (C=O) groups is 1. The highest BCUT2D eigenvalue weighted by Gasteiger charge is 2.25. The Morgan fingerprint density at radius 3 is 2.22 bits per heavy atom. The van der Waals surface area contributed by atoms with Crippen molar-refractivity contribution < 1.29 is 32.9 Å². The molecule has 1 aromatic rings. The maximum Gasteiger partial charge on any atom is 0.338 e. The van der Waals surface area contributed by atoms with E-state index in [1.54, 1.807) is 19.1 Å². The van der Waals surface area contributed by atoms with Crippen LogP contribution in [0.1, 0.15) is 60.9 Å². The van der Waals surface area contributed by atoms with Crippen LogP contribution in [0.15, 0.2) is 18.7 Å². The summed E-state index contributed by atoms with van der Waals surface area (Å²) in [5.41, 5.74) is 0.619. The number of carbonyl (C=O) groups excluding carboxylic acids is 1.